The number of carbonyl (C=O) groups is 1. The molecule has 2 aromatic rings. The number of nitriles is 1. The number of rotatable bonds is 9. The number of piperidine rings is 2. The maximum Gasteiger partial charge on any atom is 0.246 e. The van der Waals surface area contributed by atoms with Crippen LogP contribution in [0.15, 0.2) is 48.5 Å². The summed E-state index contributed by atoms with van der Waals surface area (Å²) in [6.07, 6.45) is 3.94. The zero-order valence-corrected chi connectivity index (χ0v) is 20.8. The van der Waals surface area contributed by atoms with Crippen molar-refractivity contribution in [2.75, 3.05) is 53.6 Å². The van der Waals surface area contributed by atoms with E-state index in [0.29, 0.717) is 41.2 Å². The van der Waals surface area contributed by atoms with Gasteiger partial charge < -0.3 is 24.2 Å². The van der Waals surface area contributed by atoms with Gasteiger partial charge in [-0.15, -0.1) is 0 Å². The third-order valence-electron chi connectivity index (χ3n) is 6.69. The molecular weight excluding hydrogens is 458 g/mol. The normalized spacial score (nSPS) is 20.6. The van der Waals surface area contributed by atoms with Gasteiger partial charge in [0, 0.05) is 38.8 Å². The van der Waals surface area contributed by atoms with E-state index in [1.165, 1.54) is 0 Å². The van der Waals surface area contributed by atoms with Crippen LogP contribution in [0.4, 0.5) is 0 Å². The van der Waals surface area contributed by atoms with Gasteiger partial charge in [0.05, 0.1) is 25.9 Å². The van der Waals surface area contributed by atoms with Crippen molar-refractivity contribution < 1.29 is 24.1 Å². The Morgan fingerprint density at radius 2 is 1.78 bits per heavy atom. The Bertz CT molecular complexity index is 1100. The zero-order valence-electron chi connectivity index (χ0n) is 20.8. The van der Waals surface area contributed by atoms with Crippen molar-refractivity contribution in [3.05, 3.63) is 59.7 Å². The number of hydrogen-bond donors (Lipinski definition) is 1. The van der Waals surface area contributed by atoms with E-state index in [0.717, 1.165) is 38.2 Å². The Kier molecular flexibility index (Phi) is 8.47. The molecule has 3 unspecified atom stereocenters. The second-order valence-corrected chi connectivity index (χ2v) is 9.48. The Morgan fingerprint density at radius 1 is 1.08 bits per heavy atom. The van der Waals surface area contributed by atoms with E-state index in [9.17, 15) is 9.90 Å². The van der Waals surface area contributed by atoms with Gasteiger partial charge in [-0.05, 0) is 66.3 Å². The van der Waals surface area contributed by atoms with Crippen molar-refractivity contribution in [2.45, 2.75) is 12.5 Å². The minimum atomic E-state index is -0.610. The minimum Gasteiger partial charge on any atom is -0.493 e. The number of aliphatic hydroxyl groups excluding tert-OH is 1. The molecule has 2 saturated heterocycles. The number of aliphatic hydroxyl groups is 1. The second-order valence-electron chi connectivity index (χ2n) is 9.48. The van der Waals surface area contributed by atoms with E-state index in [1.54, 1.807) is 44.6 Å². The monoisotopic (exact) mass is 491 g/mol. The predicted octanol–water partition coefficient (Wildman–Crippen LogP) is 2.81. The van der Waals surface area contributed by atoms with Gasteiger partial charge in [0.25, 0.3) is 0 Å². The summed E-state index contributed by atoms with van der Waals surface area (Å²) in [5, 5.41) is 19.4. The first-order chi connectivity index (χ1) is 17.5. The van der Waals surface area contributed by atoms with Crippen LogP contribution in [-0.4, -0.2) is 80.5 Å². The Hall–Kier alpha value is -3.54. The average molecular weight is 492 g/mol. The zero-order chi connectivity index (χ0) is 25.5. The van der Waals surface area contributed by atoms with Crippen molar-refractivity contribution in [1.82, 2.24) is 9.80 Å². The van der Waals surface area contributed by atoms with Crippen LogP contribution < -0.4 is 14.2 Å². The van der Waals surface area contributed by atoms with E-state index < -0.39 is 6.10 Å². The van der Waals surface area contributed by atoms with E-state index in [4.69, 9.17) is 19.5 Å². The lowest BCUT2D eigenvalue weighted by atomic mass is 9.84. The highest BCUT2D eigenvalue weighted by atomic mass is 16.5. The molecule has 0 aromatic heterocycles. The fraction of sp³-hybridized carbons (Fsp3) is 0.429. The molecule has 8 heteroatoms. The van der Waals surface area contributed by atoms with Gasteiger partial charge in [0.15, 0.2) is 11.5 Å². The summed E-state index contributed by atoms with van der Waals surface area (Å²) in [6, 6.07) is 14.5. The summed E-state index contributed by atoms with van der Waals surface area (Å²) in [5.74, 6) is 2.72. The van der Waals surface area contributed by atoms with Gasteiger partial charge in [0.2, 0.25) is 5.91 Å². The number of hydrogen-bond acceptors (Lipinski definition) is 7. The maximum atomic E-state index is 12.9. The molecule has 0 saturated carbocycles. The molecule has 2 aliphatic heterocycles. The first-order valence-corrected chi connectivity index (χ1v) is 12.2. The molecule has 8 nitrogen and oxygen atoms in total. The molecule has 2 aliphatic rings. The standard InChI is InChI=1S/C28H33N3O5/c1-34-26-9-5-20(12-27(26)35-2)6-10-28(33)31-16-22-11-23(17-31)15-30(14-22)18-24(32)19-36-25-7-3-21(13-29)4-8-25/h3-10,12,22-24,32H,11,14-19H2,1-2H3/b10-6+. The molecule has 0 spiro atoms. The van der Waals surface area contributed by atoms with Crippen LogP contribution in [0.25, 0.3) is 6.08 Å². The summed E-state index contributed by atoms with van der Waals surface area (Å²) in [6.45, 7) is 3.89. The number of carbonyl (C=O) groups excluding carboxylic acids is 1. The lowest BCUT2D eigenvalue weighted by Crippen LogP contribution is -2.55. The molecule has 2 fully saturated rings. The molecule has 2 aromatic carbocycles. The van der Waals surface area contributed by atoms with E-state index >= 15 is 0 Å². The number of methoxy groups -OCH3 is 2. The number of nitrogens with zero attached hydrogens (tertiary/aromatic N) is 3. The molecule has 1 N–H and O–H groups in total. The molecule has 2 heterocycles. The van der Waals surface area contributed by atoms with Gasteiger partial charge in [0.1, 0.15) is 18.5 Å². The van der Waals surface area contributed by atoms with Crippen LogP contribution in [0.1, 0.15) is 17.5 Å². The minimum absolute atomic E-state index is 0.0174. The summed E-state index contributed by atoms with van der Waals surface area (Å²) in [7, 11) is 3.19. The lowest BCUT2D eigenvalue weighted by Gasteiger charge is -2.46. The van der Waals surface area contributed by atoms with E-state index in [-0.39, 0.29) is 12.5 Å². The summed E-state index contributed by atoms with van der Waals surface area (Å²) < 4.78 is 16.3. The highest BCUT2D eigenvalue weighted by Crippen LogP contribution is 2.30. The molecule has 4 rings (SSSR count). The molecule has 190 valence electrons. The van der Waals surface area contributed by atoms with Gasteiger partial charge in [-0.25, -0.2) is 0 Å². The fourth-order valence-corrected chi connectivity index (χ4v) is 5.12. The Morgan fingerprint density at radius 3 is 2.42 bits per heavy atom. The first-order valence-electron chi connectivity index (χ1n) is 12.2. The average Bonchev–Trinajstić information content (AvgIpc) is 2.90. The van der Waals surface area contributed by atoms with E-state index in [1.807, 2.05) is 29.2 Å². The number of fused-ring (bicyclic) bond motifs is 2. The highest BCUT2D eigenvalue weighted by molar-refractivity contribution is 5.92. The topological polar surface area (TPSA) is 95.3 Å². The third-order valence-corrected chi connectivity index (χ3v) is 6.69. The smallest absolute Gasteiger partial charge is 0.246 e. The number of ether oxygens (including phenoxy) is 3. The van der Waals surface area contributed by atoms with Gasteiger partial charge >= 0.3 is 0 Å². The van der Waals surface area contributed by atoms with Gasteiger partial charge in [-0.2, -0.15) is 5.26 Å². The van der Waals surface area contributed by atoms with Crippen molar-refractivity contribution in [3.63, 3.8) is 0 Å². The molecular formula is C28H33N3O5. The van der Waals surface area contributed by atoms with Crippen LogP contribution >= 0.6 is 0 Å². The lowest BCUT2D eigenvalue weighted by molar-refractivity contribution is -0.130. The van der Waals surface area contributed by atoms with Crippen LogP contribution in [0.2, 0.25) is 0 Å². The van der Waals surface area contributed by atoms with Crippen LogP contribution in [-0.2, 0) is 4.79 Å². The van der Waals surface area contributed by atoms with Crippen LogP contribution in [0, 0.1) is 23.2 Å². The molecule has 2 bridgehead atoms. The quantitative estimate of drug-likeness (QED) is 0.539. The fourth-order valence-electron chi connectivity index (χ4n) is 5.12. The van der Waals surface area contributed by atoms with Crippen molar-refractivity contribution >= 4 is 12.0 Å². The summed E-state index contributed by atoms with van der Waals surface area (Å²) in [5.41, 5.74) is 1.45. The maximum absolute atomic E-state index is 12.9. The summed E-state index contributed by atoms with van der Waals surface area (Å²) in [4.78, 5) is 17.1. The van der Waals surface area contributed by atoms with Gasteiger partial charge in [-0.1, -0.05) is 6.07 Å². The molecule has 3 atom stereocenters. The first kappa shape index (κ1) is 25.5. The molecule has 1 amide bonds. The molecule has 36 heavy (non-hydrogen) atoms. The third kappa shape index (κ3) is 6.56. The van der Waals surface area contributed by atoms with Crippen LogP contribution in [0.3, 0.4) is 0 Å². The largest absolute Gasteiger partial charge is 0.493 e. The van der Waals surface area contributed by atoms with Crippen molar-refractivity contribution in [3.8, 4) is 23.3 Å². The number of benzene rings is 2. The summed E-state index contributed by atoms with van der Waals surface area (Å²) >= 11 is 0. The number of β-amino-alcohol motifs (C(OH)–C–C–N with tert-alkyl or cyclic N) is 1. The Labute approximate surface area is 212 Å². The van der Waals surface area contributed by atoms with Gasteiger partial charge in [-0.3, -0.25) is 9.69 Å². The van der Waals surface area contributed by atoms with Crippen LogP contribution in [0.5, 0.6) is 17.2 Å². The van der Waals surface area contributed by atoms with E-state index in [2.05, 4.69) is 11.0 Å². The number of amides is 1. The van der Waals surface area contributed by atoms with Crippen molar-refractivity contribution in [2.24, 2.45) is 11.8 Å². The Balaban J connectivity index is 1.25. The SMILES string of the molecule is COc1ccc(/C=C/C(=O)N2CC3CC(CN(CC(O)COc4ccc(C#N)cc4)C3)C2)cc1OC. The second kappa shape index (κ2) is 11.9. The highest BCUT2D eigenvalue weighted by Gasteiger charge is 2.35. The molecule has 0 aliphatic carbocycles. The number of likely N-dealkylation sites (tertiary alicyclic amines) is 2. The molecule has 0 radical (unpaired) electrons. The van der Waals surface area contributed by atoms with Crippen molar-refractivity contribution in [1.29, 1.82) is 5.26 Å². The predicted molar refractivity (Wildman–Crippen MR) is 136 cm³/mol.